The number of hydrogen-bond donors (Lipinski definition) is 2. The molecular weight excluding hydrogens is 318 g/mol. The van der Waals surface area contributed by atoms with Crippen LogP contribution in [-0.4, -0.2) is 36.0 Å². The molecule has 0 aliphatic heterocycles. The number of amides is 2. The second-order valence-electron chi connectivity index (χ2n) is 6.50. The van der Waals surface area contributed by atoms with Crippen LogP contribution in [0.2, 0.25) is 0 Å². The van der Waals surface area contributed by atoms with Crippen molar-refractivity contribution < 1.29 is 14.3 Å². The first-order valence-corrected chi connectivity index (χ1v) is 9.33. The Hall–Kier alpha value is -2.11. The van der Waals surface area contributed by atoms with Crippen molar-refractivity contribution in [1.82, 2.24) is 15.6 Å². The van der Waals surface area contributed by atoms with Gasteiger partial charge in [-0.3, -0.25) is 14.6 Å². The van der Waals surface area contributed by atoms with Crippen LogP contribution in [0.25, 0.3) is 0 Å². The van der Waals surface area contributed by atoms with Crippen LogP contribution < -0.4 is 15.4 Å². The van der Waals surface area contributed by atoms with Crippen LogP contribution in [0.15, 0.2) is 24.5 Å². The van der Waals surface area contributed by atoms with Gasteiger partial charge < -0.3 is 15.4 Å². The van der Waals surface area contributed by atoms with Gasteiger partial charge in [-0.15, -0.1) is 0 Å². The maximum atomic E-state index is 11.9. The average Bonchev–Trinajstić information content (AvgIpc) is 2.89. The minimum absolute atomic E-state index is 0.0121. The lowest BCUT2D eigenvalue weighted by atomic mass is 10.1. The molecule has 0 spiro atoms. The fraction of sp³-hybridized carbons (Fsp3) is 0.632. The number of nitrogens with one attached hydrogen (secondary N) is 2. The summed E-state index contributed by atoms with van der Waals surface area (Å²) in [7, 11) is 0. The molecule has 25 heavy (non-hydrogen) atoms. The molecule has 1 aromatic rings. The summed E-state index contributed by atoms with van der Waals surface area (Å²) in [6.07, 6.45) is 11.6. The molecule has 0 saturated heterocycles. The highest BCUT2D eigenvalue weighted by Gasteiger charge is 2.15. The van der Waals surface area contributed by atoms with Gasteiger partial charge in [-0.25, -0.2) is 0 Å². The van der Waals surface area contributed by atoms with E-state index in [0.29, 0.717) is 19.2 Å². The maximum Gasteiger partial charge on any atom is 0.220 e. The van der Waals surface area contributed by atoms with Crippen molar-refractivity contribution in [3.63, 3.8) is 0 Å². The Balaban J connectivity index is 1.49. The number of carbonyl (C=O) groups excluding carboxylic acids is 2. The molecule has 0 radical (unpaired) electrons. The first-order chi connectivity index (χ1) is 12.2. The zero-order valence-corrected chi connectivity index (χ0v) is 14.8. The Kier molecular flexibility index (Phi) is 8.80. The summed E-state index contributed by atoms with van der Waals surface area (Å²) in [6, 6.07) is 3.96. The summed E-state index contributed by atoms with van der Waals surface area (Å²) in [5.74, 6) is 0.628. The van der Waals surface area contributed by atoms with E-state index in [-0.39, 0.29) is 24.7 Å². The fourth-order valence-corrected chi connectivity index (χ4v) is 2.96. The Labute approximate surface area is 149 Å². The second kappa shape index (κ2) is 11.4. The Morgan fingerprint density at radius 2 is 1.88 bits per heavy atom. The summed E-state index contributed by atoms with van der Waals surface area (Å²) in [5, 5.41) is 5.89. The van der Waals surface area contributed by atoms with E-state index in [1.165, 1.54) is 25.7 Å². The van der Waals surface area contributed by atoms with Crippen molar-refractivity contribution in [2.75, 3.05) is 13.2 Å². The molecule has 2 N–H and O–H groups in total. The van der Waals surface area contributed by atoms with Gasteiger partial charge in [0, 0.05) is 31.6 Å². The molecule has 0 atom stereocenters. The minimum atomic E-state index is -0.0857. The standard InChI is InChI=1S/C19H29N3O3/c23-18(21-13-6-14-25-17-9-5-12-20-15-17)10-11-19(24)22-16-7-3-1-2-4-8-16/h5,9,12,15-16H,1-4,6-8,10-11,13-14H2,(H,21,23)(H,22,24). The van der Waals surface area contributed by atoms with Crippen molar-refractivity contribution in [3.8, 4) is 5.75 Å². The Bertz CT molecular complexity index is 514. The van der Waals surface area contributed by atoms with E-state index in [0.717, 1.165) is 25.0 Å². The molecule has 1 saturated carbocycles. The molecular formula is C19H29N3O3. The number of carbonyl (C=O) groups is 2. The van der Waals surface area contributed by atoms with Gasteiger partial charge in [-0.05, 0) is 31.4 Å². The van der Waals surface area contributed by atoms with E-state index < -0.39 is 0 Å². The molecule has 1 aromatic heterocycles. The number of aromatic nitrogens is 1. The number of pyridine rings is 1. The SMILES string of the molecule is O=C(CCC(=O)NC1CCCCCC1)NCCCOc1cccnc1. The number of ether oxygens (including phenoxy) is 1. The fourth-order valence-electron chi connectivity index (χ4n) is 2.96. The van der Waals surface area contributed by atoms with Gasteiger partial charge in [0.15, 0.2) is 0 Å². The minimum Gasteiger partial charge on any atom is -0.492 e. The lowest BCUT2D eigenvalue weighted by Crippen LogP contribution is -2.35. The van der Waals surface area contributed by atoms with Crippen LogP contribution >= 0.6 is 0 Å². The molecule has 1 aliphatic rings. The molecule has 2 amide bonds. The van der Waals surface area contributed by atoms with E-state index in [2.05, 4.69) is 15.6 Å². The maximum absolute atomic E-state index is 11.9. The highest BCUT2D eigenvalue weighted by Crippen LogP contribution is 2.17. The van der Waals surface area contributed by atoms with E-state index in [1.54, 1.807) is 12.4 Å². The van der Waals surface area contributed by atoms with Gasteiger partial charge in [0.1, 0.15) is 5.75 Å². The van der Waals surface area contributed by atoms with Gasteiger partial charge in [0.05, 0.1) is 12.8 Å². The van der Waals surface area contributed by atoms with Crippen LogP contribution in [0.5, 0.6) is 5.75 Å². The lowest BCUT2D eigenvalue weighted by molar-refractivity contribution is -0.126. The molecule has 2 rings (SSSR count). The van der Waals surface area contributed by atoms with Crippen LogP contribution in [0.1, 0.15) is 57.8 Å². The van der Waals surface area contributed by atoms with E-state index in [1.807, 2.05) is 12.1 Å². The normalized spacial score (nSPS) is 15.2. The highest BCUT2D eigenvalue weighted by atomic mass is 16.5. The summed E-state index contributed by atoms with van der Waals surface area (Å²) >= 11 is 0. The molecule has 1 heterocycles. The van der Waals surface area contributed by atoms with Crippen molar-refractivity contribution in [3.05, 3.63) is 24.5 Å². The van der Waals surface area contributed by atoms with E-state index in [9.17, 15) is 9.59 Å². The van der Waals surface area contributed by atoms with Gasteiger partial charge in [-0.1, -0.05) is 25.7 Å². The van der Waals surface area contributed by atoms with Gasteiger partial charge in [0.25, 0.3) is 0 Å². The monoisotopic (exact) mass is 347 g/mol. The van der Waals surface area contributed by atoms with Gasteiger partial charge >= 0.3 is 0 Å². The number of rotatable bonds is 9. The van der Waals surface area contributed by atoms with Crippen molar-refractivity contribution in [1.29, 1.82) is 0 Å². The molecule has 6 nitrogen and oxygen atoms in total. The summed E-state index contributed by atoms with van der Waals surface area (Å²) < 4.78 is 5.50. The van der Waals surface area contributed by atoms with Gasteiger partial charge in [-0.2, -0.15) is 0 Å². The third-order valence-electron chi connectivity index (χ3n) is 4.35. The molecule has 138 valence electrons. The summed E-state index contributed by atoms with van der Waals surface area (Å²) in [4.78, 5) is 27.7. The van der Waals surface area contributed by atoms with Crippen molar-refractivity contribution >= 4 is 11.8 Å². The number of hydrogen-bond acceptors (Lipinski definition) is 4. The molecule has 0 aromatic carbocycles. The predicted octanol–water partition coefficient (Wildman–Crippen LogP) is 2.59. The zero-order chi connectivity index (χ0) is 17.7. The summed E-state index contributed by atoms with van der Waals surface area (Å²) in [6.45, 7) is 1.07. The average molecular weight is 347 g/mol. The number of nitrogens with zero attached hydrogens (tertiary/aromatic N) is 1. The zero-order valence-electron chi connectivity index (χ0n) is 14.8. The van der Waals surface area contributed by atoms with E-state index >= 15 is 0 Å². The smallest absolute Gasteiger partial charge is 0.220 e. The van der Waals surface area contributed by atoms with Crippen LogP contribution in [0.3, 0.4) is 0 Å². The Morgan fingerprint density at radius 1 is 1.12 bits per heavy atom. The molecule has 0 bridgehead atoms. The molecule has 1 aliphatic carbocycles. The molecule has 0 unspecified atom stereocenters. The second-order valence-corrected chi connectivity index (χ2v) is 6.50. The topological polar surface area (TPSA) is 80.3 Å². The summed E-state index contributed by atoms with van der Waals surface area (Å²) in [5.41, 5.74) is 0. The lowest BCUT2D eigenvalue weighted by Gasteiger charge is -2.16. The van der Waals surface area contributed by atoms with E-state index in [4.69, 9.17) is 4.74 Å². The Morgan fingerprint density at radius 3 is 2.60 bits per heavy atom. The van der Waals surface area contributed by atoms with Crippen LogP contribution in [-0.2, 0) is 9.59 Å². The highest BCUT2D eigenvalue weighted by molar-refractivity contribution is 5.83. The predicted molar refractivity (Wildman–Crippen MR) is 96.2 cm³/mol. The van der Waals surface area contributed by atoms with Crippen LogP contribution in [0.4, 0.5) is 0 Å². The van der Waals surface area contributed by atoms with Crippen molar-refractivity contribution in [2.45, 2.75) is 63.8 Å². The third kappa shape index (κ3) is 8.52. The third-order valence-corrected chi connectivity index (χ3v) is 4.35. The first-order valence-electron chi connectivity index (χ1n) is 9.33. The van der Waals surface area contributed by atoms with Gasteiger partial charge in [0.2, 0.25) is 11.8 Å². The van der Waals surface area contributed by atoms with Crippen LogP contribution in [0, 0.1) is 0 Å². The quantitative estimate of drug-likeness (QED) is 0.531. The largest absolute Gasteiger partial charge is 0.492 e. The first kappa shape index (κ1) is 19.2. The molecule has 6 heteroatoms. The van der Waals surface area contributed by atoms with Crippen molar-refractivity contribution in [2.24, 2.45) is 0 Å². The molecule has 1 fully saturated rings.